The first kappa shape index (κ1) is 15.5. The fourth-order valence-electron chi connectivity index (χ4n) is 3.74. The van der Waals surface area contributed by atoms with Crippen molar-refractivity contribution in [1.29, 1.82) is 0 Å². The summed E-state index contributed by atoms with van der Waals surface area (Å²) < 4.78 is 12.2. The van der Waals surface area contributed by atoms with Crippen molar-refractivity contribution in [1.82, 2.24) is 0 Å². The normalized spacial score (nSPS) is 19.2. The van der Waals surface area contributed by atoms with Crippen molar-refractivity contribution in [2.45, 2.75) is 20.8 Å². The molecule has 0 saturated carbocycles. The number of hydrogen-bond acceptors (Lipinski definition) is 2. The second-order valence-corrected chi connectivity index (χ2v) is 10.1. The van der Waals surface area contributed by atoms with E-state index in [9.17, 15) is 0 Å². The molecule has 2 nitrogen and oxygen atoms in total. The third-order valence-electron chi connectivity index (χ3n) is 4.96. The van der Waals surface area contributed by atoms with Crippen molar-refractivity contribution in [3.8, 4) is 0 Å². The average Bonchev–Trinajstić information content (AvgIpc) is 3.34. The zero-order valence-corrected chi connectivity index (χ0v) is 15.1. The first-order chi connectivity index (χ1) is 11.6. The molecule has 1 aliphatic heterocycles. The van der Waals surface area contributed by atoms with Gasteiger partial charge in [-0.05, 0) is 0 Å². The van der Waals surface area contributed by atoms with Crippen LogP contribution in [-0.2, 0) is 9.35 Å². The van der Waals surface area contributed by atoms with Crippen LogP contribution >= 0.6 is 7.06 Å². The zero-order chi connectivity index (χ0) is 16.8. The quantitative estimate of drug-likeness (QED) is 0.406. The predicted octanol–water partition coefficient (Wildman–Crippen LogP) is 4.23. The second kappa shape index (κ2) is 5.26. The molecule has 4 rings (SSSR count). The first-order valence-electron chi connectivity index (χ1n) is 8.18. The Balaban J connectivity index is 2.16. The van der Waals surface area contributed by atoms with Crippen LogP contribution in [-0.4, -0.2) is 0 Å². The van der Waals surface area contributed by atoms with Gasteiger partial charge in [0.15, 0.2) is 0 Å². The number of rotatable bonds is 3. The van der Waals surface area contributed by atoms with Crippen LogP contribution in [0.3, 0.4) is 0 Å². The molecule has 0 radical (unpaired) electrons. The molecule has 0 atom stereocenters. The van der Waals surface area contributed by atoms with Crippen LogP contribution in [0.15, 0.2) is 72.8 Å². The van der Waals surface area contributed by atoms with Gasteiger partial charge in [-0.25, -0.2) is 0 Å². The Labute approximate surface area is 143 Å². The Morgan fingerprint density at radius 2 is 0.792 bits per heavy atom. The minimum absolute atomic E-state index is 1.16. The van der Waals surface area contributed by atoms with Crippen LogP contribution < -0.4 is 15.9 Å². The van der Waals surface area contributed by atoms with Gasteiger partial charge in [0.05, 0.1) is 0 Å². The zero-order valence-electron chi connectivity index (χ0n) is 14.2. The molecule has 0 unspecified atom stereocenters. The minimum atomic E-state index is -3.27. The van der Waals surface area contributed by atoms with Crippen molar-refractivity contribution in [2.24, 2.45) is 0 Å². The summed E-state index contributed by atoms with van der Waals surface area (Å²) >= 11 is 0. The van der Waals surface area contributed by atoms with Crippen molar-refractivity contribution >= 4 is 23.0 Å². The average molecular weight is 336 g/mol. The van der Waals surface area contributed by atoms with Crippen molar-refractivity contribution < 1.29 is 9.35 Å². The Bertz CT molecular complexity index is 811. The molecule has 1 saturated heterocycles. The number of aryl methyl sites for hydroxylation is 3. The maximum absolute atomic E-state index is 6.12. The van der Waals surface area contributed by atoms with Gasteiger partial charge in [0, 0.05) is 0 Å². The summed E-state index contributed by atoms with van der Waals surface area (Å²) in [6.07, 6.45) is 0. The summed E-state index contributed by atoms with van der Waals surface area (Å²) in [5.41, 5.74) is 3.58. The van der Waals surface area contributed by atoms with Crippen molar-refractivity contribution in [3.05, 3.63) is 89.5 Å². The fourth-order valence-corrected chi connectivity index (χ4v) is 8.61. The van der Waals surface area contributed by atoms with Crippen molar-refractivity contribution in [2.75, 3.05) is 0 Å². The summed E-state index contributed by atoms with van der Waals surface area (Å²) in [5, 5.41) is 3.48. The molecule has 0 aliphatic carbocycles. The predicted molar refractivity (Wildman–Crippen MR) is 102 cm³/mol. The number of hydrogen-bond donors (Lipinski definition) is 0. The second-order valence-electron chi connectivity index (χ2n) is 6.47. The Morgan fingerprint density at radius 1 is 0.500 bits per heavy atom. The SMILES string of the molecule is Cc1ccccc1P1(c2ccccc2C)(c2ccccc2C)OO1. The number of benzene rings is 3. The molecule has 0 spiro atoms. The van der Waals surface area contributed by atoms with Gasteiger partial charge in [-0.2, -0.15) is 0 Å². The molecule has 122 valence electrons. The van der Waals surface area contributed by atoms with Crippen LogP contribution in [0.5, 0.6) is 0 Å². The molecule has 1 heterocycles. The van der Waals surface area contributed by atoms with E-state index in [1.54, 1.807) is 0 Å². The van der Waals surface area contributed by atoms with Gasteiger partial charge < -0.3 is 0 Å². The van der Waals surface area contributed by atoms with Gasteiger partial charge in [0.25, 0.3) is 0 Å². The van der Waals surface area contributed by atoms with E-state index in [-0.39, 0.29) is 0 Å². The molecule has 24 heavy (non-hydrogen) atoms. The first-order valence-corrected chi connectivity index (χ1v) is 10.3. The van der Waals surface area contributed by atoms with Crippen molar-refractivity contribution in [3.63, 3.8) is 0 Å². The van der Waals surface area contributed by atoms with Crippen LogP contribution in [0.25, 0.3) is 0 Å². The van der Waals surface area contributed by atoms with Crippen LogP contribution in [0.1, 0.15) is 16.7 Å². The van der Waals surface area contributed by atoms with Gasteiger partial charge in [-0.3, -0.25) is 0 Å². The third kappa shape index (κ3) is 1.88. The molecule has 3 heteroatoms. The molecule has 3 aromatic rings. The van der Waals surface area contributed by atoms with Gasteiger partial charge in [-0.15, -0.1) is 0 Å². The summed E-state index contributed by atoms with van der Waals surface area (Å²) in [7, 11) is -3.27. The Kier molecular flexibility index (Phi) is 3.40. The molecule has 0 amide bonds. The summed E-state index contributed by atoms with van der Waals surface area (Å²) in [5.74, 6) is 0. The molecule has 3 aromatic carbocycles. The van der Waals surface area contributed by atoms with E-state index in [0.717, 1.165) is 15.9 Å². The van der Waals surface area contributed by atoms with E-state index in [1.165, 1.54) is 16.7 Å². The van der Waals surface area contributed by atoms with E-state index in [0.29, 0.717) is 0 Å². The molecular formula is C21H21O2P. The van der Waals surface area contributed by atoms with Crippen LogP contribution in [0, 0.1) is 20.8 Å². The van der Waals surface area contributed by atoms with Gasteiger partial charge in [0.2, 0.25) is 0 Å². The van der Waals surface area contributed by atoms with Crippen LogP contribution in [0.2, 0.25) is 0 Å². The Morgan fingerprint density at radius 3 is 1.04 bits per heavy atom. The van der Waals surface area contributed by atoms with E-state index < -0.39 is 7.06 Å². The van der Waals surface area contributed by atoms with E-state index in [1.807, 2.05) is 0 Å². The monoisotopic (exact) mass is 336 g/mol. The molecule has 0 N–H and O–H groups in total. The molecule has 0 aromatic heterocycles. The van der Waals surface area contributed by atoms with Crippen LogP contribution in [0.4, 0.5) is 0 Å². The maximum atomic E-state index is 6.12. The van der Waals surface area contributed by atoms with Gasteiger partial charge in [-0.1, -0.05) is 0 Å². The molecule has 0 bridgehead atoms. The van der Waals surface area contributed by atoms with E-state index in [4.69, 9.17) is 9.35 Å². The fraction of sp³-hybridized carbons (Fsp3) is 0.143. The summed E-state index contributed by atoms with van der Waals surface area (Å²) in [4.78, 5) is 0. The molecule has 1 aliphatic rings. The van der Waals surface area contributed by atoms with E-state index in [2.05, 4.69) is 93.6 Å². The van der Waals surface area contributed by atoms with Gasteiger partial charge in [0.1, 0.15) is 0 Å². The molecular weight excluding hydrogens is 315 g/mol. The Hall–Kier alpha value is -1.99. The van der Waals surface area contributed by atoms with Gasteiger partial charge >= 0.3 is 143 Å². The summed E-state index contributed by atoms with van der Waals surface area (Å²) in [6.45, 7) is 6.39. The topological polar surface area (TPSA) is 25.1 Å². The summed E-state index contributed by atoms with van der Waals surface area (Å²) in [6, 6.07) is 25.2. The van der Waals surface area contributed by atoms with E-state index >= 15 is 0 Å². The molecule has 1 fully saturated rings. The third-order valence-corrected chi connectivity index (χ3v) is 9.68. The standard InChI is InChI=1S/C21H21O2P/c1-16-10-4-7-13-19(16)24(22-23-24,20-14-8-5-11-17(20)2)21-15-9-6-12-18(21)3/h4-15H,1-3H3.